The minimum atomic E-state index is -0.533. The molecule has 0 radical (unpaired) electrons. The van der Waals surface area contributed by atoms with Crippen molar-refractivity contribution < 1.29 is 0 Å². The van der Waals surface area contributed by atoms with E-state index >= 15 is 0 Å². The molecule has 2 aromatic carbocycles. The van der Waals surface area contributed by atoms with Crippen LogP contribution in [0.25, 0.3) is 27.5 Å². The molecule has 0 fully saturated rings. The quantitative estimate of drug-likeness (QED) is 0.294. The van der Waals surface area contributed by atoms with Gasteiger partial charge >= 0.3 is 0 Å². The zero-order chi connectivity index (χ0) is 27.6. The summed E-state index contributed by atoms with van der Waals surface area (Å²) in [6, 6.07) is 19.2. The molecule has 0 spiro atoms. The van der Waals surface area contributed by atoms with Crippen LogP contribution in [0.1, 0.15) is 29.8 Å². The molecule has 0 bridgehead atoms. The molecule has 4 aromatic heterocycles. The van der Waals surface area contributed by atoms with E-state index in [9.17, 15) is 9.59 Å². The number of aromatic nitrogens is 5. The number of benzene rings is 2. The lowest BCUT2D eigenvalue weighted by Crippen LogP contribution is -2.27. The number of nitrogens with one attached hydrogen (secondary N) is 2. The van der Waals surface area contributed by atoms with Gasteiger partial charge in [0, 0.05) is 46.9 Å². The molecule has 0 aliphatic carbocycles. The van der Waals surface area contributed by atoms with Crippen LogP contribution < -0.4 is 16.3 Å². The molecule has 1 atom stereocenters. The Morgan fingerprint density at radius 3 is 2.52 bits per heavy atom. The van der Waals surface area contributed by atoms with Crippen LogP contribution in [0.2, 0.25) is 5.02 Å². The topological polar surface area (TPSA) is 106 Å². The van der Waals surface area contributed by atoms with E-state index in [-0.39, 0.29) is 11.0 Å². The Balaban J connectivity index is 1.58. The van der Waals surface area contributed by atoms with Crippen molar-refractivity contribution in [2.75, 3.05) is 5.32 Å². The highest BCUT2D eigenvalue weighted by Crippen LogP contribution is 2.34. The van der Waals surface area contributed by atoms with E-state index in [1.54, 1.807) is 29.1 Å². The molecule has 194 valence electrons. The highest BCUT2D eigenvalue weighted by atomic mass is 35.5. The van der Waals surface area contributed by atoms with Crippen LogP contribution in [-0.2, 0) is 0 Å². The maximum atomic E-state index is 14.3. The van der Waals surface area contributed by atoms with Gasteiger partial charge < -0.3 is 10.3 Å². The van der Waals surface area contributed by atoms with Crippen LogP contribution in [0, 0.1) is 11.8 Å². The van der Waals surface area contributed by atoms with Gasteiger partial charge in [-0.05, 0) is 37.3 Å². The molecule has 6 rings (SSSR count). The monoisotopic (exact) mass is 544 g/mol. The Morgan fingerprint density at radius 1 is 0.925 bits per heavy atom. The van der Waals surface area contributed by atoms with Crippen molar-refractivity contribution in [3.63, 3.8) is 0 Å². The fraction of sp³-hybridized carbons (Fsp3) is 0.0645. The number of H-pyrrole nitrogens is 1. The van der Waals surface area contributed by atoms with Crippen molar-refractivity contribution >= 4 is 39.2 Å². The number of pyridine rings is 3. The van der Waals surface area contributed by atoms with Gasteiger partial charge in [0.15, 0.2) is 5.43 Å². The Kier molecular flexibility index (Phi) is 6.56. The summed E-state index contributed by atoms with van der Waals surface area (Å²) in [5, 5.41) is 4.99. The van der Waals surface area contributed by atoms with Crippen molar-refractivity contribution in [1.82, 2.24) is 24.5 Å². The molecule has 0 saturated heterocycles. The van der Waals surface area contributed by atoms with Crippen LogP contribution in [0.4, 0.5) is 5.82 Å². The molecule has 8 nitrogen and oxygen atoms in total. The number of fused-ring (bicyclic) bond motifs is 2. The summed E-state index contributed by atoms with van der Waals surface area (Å²) >= 11 is 7.11. The van der Waals surface area contributed by atoms with Gasteiger partial charge in [-0.25, -0.2) is 9.97 Å². The van der Waals surface area contributed by atoms with E-state index in [0.29, 0.717) is 49.6 Å². The Hall–Kier alpha value is -5.26. The molecule has 0 aliphatic heterocycles. The smallest absolute Gasteiger partial charge is 0.264 e. The molecule has 0 unspecified atom stereocenters. The lowest BCUT2D eigenvalue weighted by molar-refractivity contribution is 0.774. The standard InChI is InChI=1S/C31H21ClN6O2/c1-19(37-30-26-24(39)14-17-34-29(26)35-18-36-30)28-27(32)23-9-5-6-21(11-10-20-12-15-33-16-13-20)25(23)31(40)38(28)22-7-3-2-4-8-22/h2-9,12-19H,1H3,(H2,34,35,36,37,39)/t19-/m0/s1. The number of para-hydroxylation sites is 1. The van der Waals surface area contributed by atoms with Crippen molar-refractivity contribution in [1.29, 1.82) is 0 Å². The molecule has 9 heteroatoms. The maximum absolute atomic E-state index is 14.3. The van der Waals surface area contributed by atoms with E-state index in [1.165, 1.54) is 18.6 Å². The summed E-state index contributed by atoms with van der Waals surface area (Å²) in [7, 11) is 0. The minimum Gasteiger partial charge on any atom is -0.361 e. The minimum absolute atomic E-state index is 0.230. The van der Waals surface area contributed by atoms with Crippen molar-refractivity contribution in [3.05, 3.63) is 134 Å². The molecular weight excluding hydrogens is 524 g/mol. The molecule has 4 heterocycles. The molecule has 0 aliphatic rings. The fourth-order valence-electron chi connectivity index (χ4n) is 4.71. The van der Waals surface area contributed by atoms with Crippen LogP contribution in [-0.4, -0.2) is 24.5 Å². The van der Waals surface area contributed by atoms with Gasteiger partial charge in [0.05, 0.1) is 22.1 Å². The molecular formula is C31H21ClN6O2. The predicted molar refractivity (Wildman–Crippen MR) is 157 cm³/mol. The lowest BCUT2D eigenvalue weighted by atomic mass is 10.0. The summed E-state index contributed by atoms with van der Waals surface area (Å²) in [5.74, 6) is 6.59. The predicted octanol–water partition coefficient (Wildman–Crippen LogP) is 5.24. The first-order valence-corrected chi connectivity index (χ1v) is 12.8. The van der Waals surface area contributed by atoms with Gasteiger partial charge in [-0.3, -0.25) is 19.1 Å². The summed E-state index contributed by atoms with van der Waals surface area (Å²) in [6.07, 6.45) is 6.24. The third kappa shape index (κ3) is 4.49. The second-order valence-corrected chi connectivity index (χ2v) is 9.42. The fourth-order valence-corrected chi connectivity index (χ4v) is 5.12. The second kappa shape index (κ2) is 10.5. The number of hydrogen-bond donors (Lipinski definition) is 2. The first-order valence-electron chi connectivity index (χ1n) is 12.5. The Morgan fingerprint density at radius 2 is 1.73 bits per heavy atom. The molecule has 0 saturated carbocycles. The summed E-state index contributed by atoms with van der Waals surface area (Å²) < 4.78 is 1.59. The highest BCUT2D eigenvalue weighted by molar-refractivity contribution is 6.36. The SMILES string of the molecule is C[C@H](Nc1ncnc2[nH]ccc(=O)c12)c1c(Cl)c2cccc(C#Cc3ccncc3)c2c(=O)n1-c1ccccc1. The molecule has 2 N–H and O–H groups in total. The zero-order valence-corrected chi connectivity index (χ0v) is 22.0. The van der Waals surface area contributed by atoms with E-state index in [0.717, 1.165) is 5.56 Å². The number of nitrogens with zero attached hydrogens (tertiary/aromatic N) is 4. The Labute approximate surface area is 233 Å². The van der Waals surface area contributed by atoms with Crippen LogP contribution in [0.5, 0.6) is 0 Å². The average Bonchev–Trinajstić information content (AvgIpc) is 2.98. The van der Waals surface area contributed by atoms with Crippen molar-refractivity contribution in [3.8, 4) is 17.5 Å². The maximum Gasteiger partial charge on any atom is 0.264 e. The van der Waals surface area contributed by atoms with Gasteiger partial charge in [-0.2, -0.15) is 0 Å². The van der Waals surface area contributed by atoms with Crippen LogP contribution >= 0.6 is 11.6 Å². The van der Waals surface area contributed by atoms with Crippen molar-refractivity contribution in [2.45, 2.75) is 13.0 Å². The normalized spacial score (nSPS) is 11.7. The molecule has 6 aromatic rings. The Bertz CT molecular complexity index is 2060. The van der Waals surface area contributed by atoms with Gasteiger partial charge in [0.2, 0.25) is 0 Å². The van der Waals surface area contributed by atoms with Gasteiger partial charge in [-0.1, -0.05) is 53.8 Å². The third-order valence-electron chi connectivity index (χ3n) is 6.53. The van der Waals surface area contributed by atoms with Gasteiger partial charge in [0.25, 0.3) is 5.56 Å². The summed E-state index contributed by atoms with van der Waals surface area (Å²) in [6.45, 7) is 1.87. The van der Waals surface area contributed by atoms with Crippen LogP contribution in [0.3, 0.4) is 0 Å². The van der Waals surface area contributed by atoms with E-state index < -0.39 is 6.04 Å². The first-order chi connectivity index (χ1) is 19.5. The summed E-state index contributed by atoms with van der Waals surface area (Å²) in [5.41, 5.74) is 2.41. The molecule has 40 heavy (non-hydrogen) atoms. The van der Waals surface area contributed by atoms with E-state index in [4.69, 9.17) is 11.6 Å². The van der Waals surface area contributed by atoms with Crippen LogP contribution in [0.15, 0.2) is 101 Å². The van der Waals surface area contributed by atoms with Crippen molar-refractivity contribution in [2.24, 2.45) is 0 Å². The van der Waals surface area contributed by atoms with E-state index in [1.807, 2.05) is 55.5 Å². The highest BCUT2D eigenvalue weighted by Gasteiger charge is 2.23. The number of halogens is 1. The number of hydrogen-bond acceptors (Lipinski definition) is 6. The van der Waals surface area contributed by atoms with Gasteiger partial charge in [-0.15, -0.1) is 0 Å². The number of aromatic amines is 1. The number of rotatable bonds is 4. The molecule has 0 amide bonds. The zero-order valence-electron chi connectivity index (χ0n) is 21.2. The number of anilines is 1. The van der Waals surface area contributed by atoms with Gasteiger partial charge in [0.1, 0.15) is 23.2 Å². The largest absolute Gasteiger partial charge is 0.361 e. The lowest BCUT2D eigenvalue weighted by Gasteiger charge is -2.23. The van der Waals surface area contributed by atoms with E-state index in [2.05, 4.69) is 37.1 Å². The second-order valence-electron chi connectivity index (χ2n) is 9.04. The first kappa shape index (κ1) is 25.0. The summed E-state index contributed by atoms with van der Waals surface area (Å²) in [4.78, 5) is 42.4. The third-order valence-corrected chi connectivity index (χ3v) is 6.93. The average molecular weight is 545 g/mol.